The first-order valence-corrected chi connectivity index (χ1v) is 12.7. The van der Waals surface area contributed by atoms with E-state index in [-0.39, 0.29) is 11.8 Å². The summed E-state index contributed by atoms with van der Waals surface area (Å²) in [6.45, 7) is 5.20. The van der Waals surface area contributed by atoms with Crippen molar-refractivity contribution < 1.29 is 14.1 Å². The molecule has 5 rings (SSSR count). The van der Waals surface area contributed by atoms with Crippen LogP contribution in [0.15, 0.2) is 39.7 Å². The highest BCUT2D eigenvalue weighted by Crippen LogP contribution is 2.26. The van der Waals surface area contributed by atoms with Gasteiger partial charge in [0, 0.05) is 49.6 Å². The zero-order chi connectivity index (χ0) is 23.3. The molecule has 2 aromatic heterocycles. The predicted octanol–water partition coefficient (Wildman–Crippen LogP) is 3.06. The van der Waals surface area contributed by atoms with E-state index in [9.17, 15) is 4.79 Å². The van der Waals surface area contributed by atoms with E-state index >= 15 is 0 Å². The van der Waals surface area contributed by atoms with Gasteiger partial charge in [0.25, 0.3) is 0 Å². The van der Waals surface area contributed by atoms with Crippen molar-refractivity contribution in [2.24, 2.45) is 11.8 Å². The minimum Gasteiger partial charge on any atom is -0.497 e. The topological polar surface area (TPSA) is 96.6 Å². The summed E-state index contributed by atoms with van der Waals surface area (Å²) in [5.74, 6) is 2.05. The molecule has 0 spiro atoms. The lowest BCUT2D eigenvalue weighted by atomic mass is 9.96. The standard InChI is InChI=1S/C24H30N6O3S/c1-32-21-4-2-18(3-5-21)22-27-24(33-28-22)30-10-7-19(8-11-30)23(31)25-12-17-6-9-29(13-17)14-20-15-34-16-26-20/h2-5,15-17,19H,6-14H2,1H3,(H,25,31). The van der Waals surface area contributed by atoms with Crippen LogP contribution in [0.3, 0.4) is 0 Å². The number of nitrogens with zero attached hydrogens (tertiary/aromatic N) is 5. The second-order valence-corrected chi connectivity index (χ2v) is 9.72. The number of hydrogen-bond acceptors (Lipinski definition) is 9. The largest absolute Gasteiger partial charge is 0.497 e. The number of hydrogen-bond donors (Lipinski definition) is 1. The molecule has 2 saturated heterocycles. The molecular formula is C24H30N6O3S. The number of amides is 1. The van der Waals surface area contributed by atoms with Crippen LogP contribution in [-0.4, -0.2) is 65.8 Å². The van der Waals surface area contributed by atoms with E-state index in [1.165, 1.54) is 0 Å². The molecule has 180 valence electrons. The first-order valence-electron chi connectivity index (χ1n) is 11.8. The van der Waals surface area contributed by atoms with Gasteiger partial charge in [-0.25, -0.2) is 4.98 Å². The fourth-order valence-electron chi connectivity index (χ4n) is 4.69. The van der Waals surface area contributed by atoms with Crippen LogP contribution in [0.1, 0.15) is 25.0 Å². The van der Waals surface area contributed by atoms with Crippen LogP contribution < -0.4 is 15.0 Å². The van der Waals surface area contributed by atoms with Crippen molar-refractivity contribution >= 4 is 23.3 Å². The Morgan fingerprint density at radius 3 is 2.76 bits per heavy atom. The smallest absolute Gasteiger partial charge is 0.324 e. The fraction of sp³-hybridized carbons (Fsp3) is 0.500. The number of thiazole rings is 1. The Hall–Kier alpha value is -2.98. The maximum atomic E-state index is 12.8. The Bertz CT molecular complexity index is 1060. The van der Waals surface area contributed by atoms with E-state index in [2.05, 4.69) is 35.6 Å². The van der Waals surface area contributed by atoms with Gasteiger partial charge in [-0.3, -0.25) is 9.69 Å². The Balaban J connectivity index is 1.05. The molecule has 2 fully saturated rings. The van der Waals surface area contributed by atoms with Crippen LogP contribution in [0.4, 0.5) is 6.01 Å². The summed E-state index contributed by atoms with van der Waals surface area (Å²) in [7, 11) is 1.64. The van der Waals surface area contributed by atoms with Crippen LogP contribution in [0.5, 0.6) is 5.75 Å². The van der Waals surface area contributed by atoms with Crippen molar-refractivity contribution in [3.05, 3.63) is 40.8 Å². The number of nitrogens with one attached hydrogen (secondary N) is 1. The molecule has 1 atom stereocenters. The van der Waals surface area contributed by atoms with Gasteiger partial charge in [-0.05, 0) is 56.0 Å². The summed E-state index contributed by atoms with van der Waals surface area (Å²) in [5, 5.41) is 9.43. The van der Waals surface area contributed by atoms with E-state index in [1.807, 2.05) is 29.8 Å². The SMILES string of the molecule is COc1ccc(-c2noc(N3CCC(C(=O)NCC4CCN(Cc5cscn5)C4)CC3)n2)cc1. The summed E-state index contributed by atoms with van der Waals surface area (Å²) in [5.41, 5.74) is 3.90. The normalized spacial score (nSPS) is 19.4. The fourth-order valence-corrected chi connectivity index (χ4v) is 5.24. The van der Waals surface area contributed by atoms with Crippen molar-refractivity contribution in [3.8, 4) is 17.1 Å². The van der Waals surface area contributed by atoms with E-state index in [0.717, 1.165) is 75.5 Å². The van der Waals surface area contributed by atoms with Gasteiger partial charge in [-0.15, -0.1) is 11.3 Å². The number of methoxy groups -OCH3 is 1. The molecule has 1 amide bonds. The van der Waals surface area contributed by atoms with E-state index in [0.29, 0.717) is 17.8 Å². The molecule has 2 aliphatic rings. The molecule has 10 heteroatoms. The quantitative estimate of drug-likeness (QED) is 0.523. The molecule has 1 N–H and O–H groups in total. The van der Waals surface area contributed by atoms with Gasteiger partial charge < -0.3 is 19.5 Å². The molecular weight excluding hydrogens is 452 g/mol. The monoisotopic (exact) mass is 482 g/mol. The zero-order valence-corrected chi connectivity index (χ0v) is 20.2. The van der Waals surface area contributed by atoms with Gasteiger partial charge in [-0.1, -0.05) is 5.16 Å². The average Bonchev–Trinajstić information content (AvgIpc) is 3.66. The maximum Gasteiger partial charge on any atom is 0.324 e. The second kappa shape index (κ2) is 10.5. The van der Waals surface area contributed by atoms with E-state index in [4.69, 9.17) is 9.26 Å². The van der Waals surface area contributed by atoms with Crippen LogP contribution in [-0.2, 0) is 11.3 Å². The van der Waals surface area contributed by atoms with Gasteiger partial charge >= 0.3 is 6.01 Å². The van der Waals surface area contributed by atoms with E-state index in [1.54, 1.807) is 18.4 Å². The number of piperidine rings is 1. The van der Waals surface area contributed by atoms with Gasteiger partial charge in [-0.2, -0.15) is 4.98 Å². The molecule has 9 nitrogen and oxygen atoms in total. The van der Waals surface area contributed by atoms with Crippen LogP contribution >= 0.6 is 11.3 Å². The maximum absolute atomic E-state index is 12.8. The molecule has 3 aromatic rings. The van der Waals surface area contributed by atoms with Crippen LogP contribution in [0.2, 0.25) is 0 Å². The van der Waals surface area contributed by atoms with Gasteiger partial charge in [0.15, 0.2) is 0 Å². The van der Waals surface area contributed by atoms with Gasteiger partial charge in [0.2, 0.25) is 11.7 Å². The van der Waals surface area contributed by atoms with Gasteiger partial charge in [0.1, 0.15) is 5.75 Å². The highest BCUT2D eigenvalue weighted by atomic mass is 32.1. The lowest BCUT2D eigenvalue weighted by Gasteiger charge is -2.30. The Kier molecular flexibility index (Phi) is 7.05. The Labute approximate surface area is 203 Å². The lowest BCUT2D eigenvalue weighted by Crippen LogP contribution is -2.42. The van der Waals surface area contributed by atoms with Crippen molar-refractivity contribution in [3.63, 3.8) is 0 Å². The molecule has 4 heterocycles. The summed E-state index contributed by atoms with van der Waals surface area (Å²) in [6, 6.07) is 8.08. The summed E-state index contributed by atoms with van der Waals surface area (Å²) < 4.78 is 10.7. The molecule has 0 bridgehead atoms. The lowest BCUT2D eigenvalue weighted by molar-refractivity contribution is -0.125. The number of carbonyl (C=O) groups excluding carboxylic acids is 1. The number of benzene rings is 1. The first kappa shape index (κ1) is 22.8. The van der Waals surface area contributed by atoms with Crippen LogP contribution in [0.25, 0.3) is 11.4 Å². The second-order valence-electron chi connectivity index (χ2n) is 9.01. The average molecular weight is 483 g/mol. The highest BCUT2D eigenvalue weighted by molar-refractivity contribution is 7.07. The third-order valence-electron chi connectivity index (χ3n) is 6.70. The van der Waals surface area contributed by atoms with Crippen LogP contribution in [0, 0.1) is 11.8 Å². The molecule has 2 aliphatic heterocycles. The van der Waals surface area contributed by atoms with Crippen molar-refractivity contribution in [2.75, 3.05) is 44.7 Å². The molecule has 0 saturated carbocycles. The number of carbonyl (C=O) groups is 1. The Morgan fingerprint density at radius 2 is 2.03 bits per heavy atom. The van der Waals surface area contributed by atoms with Gasteiger partial charge in [0.05, 0.1) is 18.3 Å². The van der Waals surface area contributed by atoms with Crippen molar-refractivity contribution in [1.29, 1.82) is 0 Å². The summed E-state index contributed by atoms with van der Waals surface area (Å²) in [4.78, 5) is 26.2. The first-order chi connectivity index (χ1) is 16.7. The van der Waals surface area contributed by atoms with Crippen molar-refractivity contribution in [1.82, 2.24) is 25.3 Å². The number of ether oxygens (including phenoxy) is 1. The highest BCUT2D eigenvalue weighted by Gasteiger charge is 2.29. The van der Waals surface area contributed by atoms with E-state index < -0.39 is 0 Å². The molecule has 0 aliphatic carbocycles. The Morgan fingerprint density at radius 1 is 1.21 bits per heavy atom. The molecule has 0 radical (unpaired) electrons. The minimum atomic E-state index is 0.0349. The molecule has 1 unspecified atom stereocenters. The zero-order valence-electron chi connectivity index (χ0n) is 19.4. The number of rotatable bonds is 8. The molecule has 34 heavy (non-hydrogen) atoms. The number of anilines is 1. The third kappa shape index (κ3) is 5.39. The predicted molar refractivity (Wildman–Crippen MR) is 130 cm³/mol. The minimum absolute atomic E-state index is 0.0349. The van der Waals surface area contributed by atoms with Crippen molar-refractivity contribution in [2.45, 2.75) is 25.8 Å². The third-order valence-corrected chi connectivity index (χ3v) is 7.34. The number of aromatic nitrogens is 3. The summed E-state index contributed by atoms with van der Waals surface area (Å²) >= 11 is 1.64. The molecule has 1 aromatic carbocycles. The number of likely N-dealkylation sites (tertiary alicyclic amines) is 1. The summed E-state index contributed by atoms with van der Waals surface area (Å²) in [6.07, 6.45) is 2.69.